The van der Waals surface area contributed by atoms with Crippen molar-refractivity contribution < 1.29 is 9.90 Å². The first-order valence-electron chi connectivity index (χ1n) is 4.51. The first-order valence-corrected chi connectivity index (χ1v) is 4.51. The average molecular weight is 204 g/mol. The summed E-state index contributed by atoms with van der Waals surface area (Å²) in [6, 6.07) is 4.83. The Bertz CT molecular complexity index is 433. The standard InChI is InChI=1S/C11H12N2O2/c1-7-3-8(10(14)6-13-2)4-9(5-12)11(7)15/h3-4,13,15H,6H2,1-2H3. The number of hydrogen-bond acceptors (Lipinski definition) is 4. The summed E-state index contributed by atoms with van der Waals surface area (Å²) in [6.45, 7) is 1.88. The molecule has 0 heterocycles. The molecule has 0 bridgehead atoms. The van der Waals surface area contributed by atoms with Crippen LogP contribution >= 0.6 is 0 Å². The number of ketones is 1. The molecule has 0 unspecified atom stereocenters. The van der Waals surface area contributed by atoms with Crippen LogP contribution in [0.1, 0.15) is 21.5 Å². The highest BCUT2D eigenvalue weighted by molar-refractivity contribution is 5.98. The molecule has 0 spiro atoms. The normalized spacial score (nSPS) is 9.67. The number of hydrogen-bond donors (Lipinski definition) is 2. The molecule has 15 heavy (non-hydrogen) atoms. The number of likely N-dealkylation sites (N-methyl/N-ethyl adjacent to an activating group) is 1. The predicted octanol–water partition coefficient (Wildman–Crippen LogP) is 0.974. The summed E-state index contributed by atoms with van der Waals surface area (Å²) in [5, 5.41) is 21.0. The van der Waals surface area contributed by atoms with Crippen LogP contribution in [0.15, 0.2) is 12.1 Å². The van der Waals surface area contributed by atoms with Gasteiger partial charge in [0.2, 0.25) is 0 Å². The predicted molar refractivity (Wildman–Crippen MR) is 55.8 cm³/mol. The number of aryl methyl sites for hydroxylation is 1. The van der Waals surface area contributed by atoms with E-state index in [-0.39, 0.29) is 23.6 Å². The summed E-state index contributed by atoms with van der Waals surface area (Å²) in [5.74, 6) is -0.157. The molecular formula is C11H12N2O2. The number of nitriles is 1. The minimum atomic E-state index is -0.0999. The fourth-order valence-electron chi connectivity index (χ4n) is 1.29. The SMILES string of the molecule is CNCC(=O)c1cc(C)c(O)c(C#N)c1. The van der Waals surface area contributed by atoms with Crippen molar-refractivity contribution in [3.63, 3.8) is 0 Å². The van der Waals surface area contributed by atoms with Crippen molar-refractivity contribution in [1.82, 2.24) is 5.32 Å². The van der Waals surface area contributed by atoms with E-state index >= 15 is 0 Å². The molecule has 1 aromatic carbocycles. The Morgan fingerprint density at radius 2 is 2.27 bits per heavy atom. The summed E-state index contributed by atoms with van der Waals surface area (Å²) < 4.78 is 0. The molecule has 0 radical (unpaired) electrons. The maximum absolute atomic E-state index is 11.5. The van der Waals surface area contributed by atoms with E-state index in [1.54, 1.807) is 20.0 Å². The third-order valence-corrected chi connectivity index (χ3v) is 2.08. The number of nitrogens with zero attached hydrogens (tertiary/aromatic N) is 1. The molecule has 1 aromatic rings. The number of carbonyl (C=O) groups is 1. The molecule has 0 aromatic heterocycles. The van der Waals surface area contributed by atoms with Gasteiger partial charge >= 0.3 is 0 Å². The number of rotatable bonds is 3. The highest BCUT2D eigenvalue weighted by Crippen LogP contribution is 2.23. The smallest absolute Gasteiger partial charge is 0.176 e. The van der Waals surface area contributed by atoms with Crippen molar-refractivity contribution in [3.05, 3.63) is 28.8 Å². The first kappa shape index (κ1) is 11.2. The van der Waals surface area contributed by atoms with E-state index in [1.807, 2.05) is 6.07 Å². The Morgan fingerprint density at radius 3 is 2.80 bits per heavy atom. The van der Waals surface area contributed by atoms with Crippen molar-refractivity contribution in [2.45, 2.75) is 6.92 Å². The highest BCUT2D eigenvalue weighted by Gasteiger charge is 2.11. The van der Waals surface area contributed by atoms with Gasteiger partial charge in [-0.25, -0.2) is 0 Å². The van der Waals surface area contributed by atoms with Crippen LogP contribution in [0.4, 0.5) is 0 Å². The van der Waals surface area contributed by atoms with Gasteiger partial charge in [0.15, 0.2) is 5.78 Å². The molecule has 0 aliphatic heterocycles. The van der Waals surface area contributed by atoms with E-state index in [4.69, 9.17) is 5.26 Å². The topological polar surface area (TPSA) is 73.1 Å². The number of benzene rings is 1. The number of aromatic hydroxyl groups is 1. The lowest BCUT2D eigenvalue weighted by Gasteiger charge is -2.05. The molecule has 0 atom stereocenters. The first-order chi connectivity index (χ1) is 7.10. The Morgan fingerprint density at radius 1 is 1.60 bits per heavy atom. The van der Waals surface area contributed by atoms with E-state index in [0.29, 0.717) is 11.1 Å². The average Bonchev–Trinajstić information content (AvgIpc) is 2.22. The summed E-state index contributed by atoms with van der Waals surface area (Å²) in [4.78, 5) is 11.5. The largest absolute Gasteiger partial charge is 0.506 e. The molecule has 2 N–H and O–H groups in total. The van der Waals surface area contributed by atoms with E-state index in [9.17, 15) is 9.90 Å². The quantitative estimate of drug-likeness (QED) is 0.720. The van der Waals surface area contributed by atoms with Gasteiger partial charge in [0.05, 0.1) is 12.1 Å². The Labute approximate surface area is 88.2 Å². The van der Waals surface area contributed by atoms with E-state index in [0.717, 1.165) is 0 Å². The molecule has 78 valence electrons. The number of phenols is 1. The van der Waals surface area contributed by atoms with E-state index < -0.39 is 0 Å². The molecule has 0 saturated carbocycles. The maximum atomic E-state index is 11.5. The van der Waals surface area contributed by atoms with Crippen molar-refractivity contribution in [2.24, 2.45) is 0 Å². The summed E-state index contributed by atoms with van der Waals surface area (Å²) in [5.41, 5.74) is 1.11. The zero-order valence-corrected chi connectivity index (χ0v) is 8.66. The number of carbonyl (C=O) groups excluding carboxylic acids is 1. The van der Waals surface area contributed by atoms with Crippen LogP contribution in [0.25, 0.3) is 0 Å². The van der Waals surface area contributed by atoms with Crippen molar-refractivity contribution in [1.29, 1.82) is 5.26 Å². The number of Topliss-reactive ketones (excluding diaryl/α,β-unsaturated/α-hetero) is 1. The minimum Gasteiger partial charge on any atom is -0.506 e. The van der Waals surface area contributed by atoms with Crippen LogP contribution in [-0.2, 0) is 0 Å². The number of phenolic OH excluding ortho intramolecular Hbond substituents is 1. The van der Waals surface area contributed by atoms with Gasteiger partial charge in [-0.2, -0.15) is 5.26 Å². The number of nitrogens with one attached hydrogen (secondary N) is 1. The van der Waals surface area contributed by atoms with Crippen LogP contribution < -0.4 is 5.32 Å². The Hall–Kier alpha value is -1.86. The van der Waals surface area contributed by atoms with Gasteiger partial charge in [-0.15, -0.1) is 0 Å². The maximum Gasteiger partial charge on any atom is 0.176 e. The monoisotopic (exact) mass is 204 g/mol. The van der Waals surface area contributed by atoms with Gasteiger partial charge in [0, 0.05) is 5.56 Å². The zero-order valence-electron chi connectivity index (χ0n) is 8.66. The van der Waals surface area contributed by atoms with Crippen LogP contribution in [0.2, 0.25) is 0 Å². The summed E-state index contributed by atoms with van der Waals surface area (Å²) >= 11 is 0. The third kappa shape index (κ3) is 2.33. The molecule has 0 fully saturated rings. The molecule has 0 aliphatic rings. The molecule has 0 saturated heterocycles. The lowest BCUT2D eigenvalue weighted by atomic mass is 10.0. The van der Waals surface area contributed by atoms with Gasteiger partial charge in [-0.05, 0) is 31.7 Å². The van der Waals surface area contributed by atoms with Crippen molar-refractivity contribution in [3.8, 4) is 11.8 Å². The van der Waals surface area contributed by atoms with Crippen LogP contribution in [-0.4, -0.2) is 24.5 Å². The third-order valence-electron chi connectivity index (χ3n) is 2.08. The van der Waals surface area contributed by atoms with E-state index in [2.05, 4.69) is 5.32 Å². The van der Waals surface area contributed by atoms with E-state index in [1.165, 1.54) is 6.07 Å². The molecule has 0 aliphatic carbocycles. The van der Waals surface area contributed by atoms with Crippen molar-refractivity contribution >= 4 is 5.78 Å². The minimum absolute atomic E-state index is 0.0569. The van der Waals surface area contributed by atoms with Gasteiger partial charge in [-0.3, -0.25) is 4.79 Å². The molecule has 1 rings (SSSR count). The lowest BCUT2D eigenvalue weighted by Crippen LogP contribution is -2.18. The molecule has 4 heteroatoms. The fraction of sp³-hybridized carbons (Fsp3) is 0.273. The Balaban J connectivity index is 3.18. The fourth-order valence-corrected chi connectivity index (χ4v) is 1.29. The van der Waals surface area contributed by atoms with Crippen molar-refractivity contribution in [2.75, 3.05) is 13.6 Å². The lowest BCUT2D eigenvalue weighted by molar-refractivity contribution is 0.0993. The van der Waals surface area contributed by atoms with Gasteiger partial charge in [0.1, 0.15) is 11.8 Å². The second-order valence-corrected chi connectivity index (χ2v) is 3.25. The van der Waals surface area contributed by atoms with Gasteiger partial charge in [0.25, 0.3) is 0 Å². The van der Waals surface area contributed by atoms with Gasteiger partial charge in [-0.1, -0.05) is 0 Å². The summed E-state index contributed by atoms with van der Waals surface area (Å²) in [7, 11) is 1.68. The Kier molecular flexibility index (Phi) is 3.42. The summed E-state index contributed by atoms with van der Waals surface area (Å²) in [6.07, 6.45) is 0. The second-order valence-electron chi connectivity index (χ2n) is 3.25. The van der Waals surface area contributed by atoms with Gasteiger partial charge < -0.3 is 10.4 Å². The molecule has 4 nitrogen and oxygen atoms in total. The second kappa shape index (κ2) is 4.58. The zero-order chi connectivity index (χ0) is 11.4. The van der Waals surface area contributed by atoms with Crippen LogP contribution in [0.5, 0.6) is 5.75 Å². The highest BCUT2D eigenvalue weighted by atomic mass is 16.3. The van der Waals surface area contributed by atoms with Crippen LogP contribution in [0.3, 0.4) is 0 Å². The molecule has 0 amide bonds. The molecular weight excluding hydrogens is 192 g/mol. The van der Waals surface area contributed by atoms with Crippen LogP contribution in [0, 0.1) is 18.3 Å².